The van der Waals surface area contributed by atoms with Crippen LogP contribution in [0.1, 0.15) is 78.6 Å². The molecule has 0 unspecified atom stereocenters. The molecular formula is C42H48ClN5O10S. The third-order valence-corrected chi connectivity index (χ3v) is 13.4. The first-order valence-corrected chi connectivity index (χ1v) is 22.0. The van der Waals surface area contributed by atoms with Crippen LogP contribution in [0.5, 0.6) is 11.5 Å². The maximum Gasteiger partial charge on any atom is 0.408 e. The summed E-state index contributed by atoms with van der Waals surface area (Å²) in [4.78, 5) is 62.6. The van der Waals surface area contributed by atoms with Crippen molar-refractivity contribution in [3.8, 4) is 11.5 Å². The van der Waals surface area contributed by atoms with Gasteiger partial charge in [0.05, 0.1) is 24.3 Å². The largest absolute Gasteiger partial charge is 0.494 e. The van der Waals surface area contributed by atoms with Crippen LogP contribution < -0.4 is 24.8 Å². The standard InChI is InChI=1S/C42H48ClN5O10S/c1-41(2,3)58-40(52)44-29-13-9-7-5-6-8-11-23-21-42(23,39(51)47-59(53,54)26-16-17-26)46-37(49)30-20-25(22-48(30)38(29)50)56-35-27-12-10-14-32(55-4)33(27)45-34-28-19-24(43)15-18-31(28)57-36(34)35/h8,10-12,14-15,18-19,23,25-26,29-30H,5-7,9,13,16-17,20-22H2,1-4H3,(H,44,52)(H,46,49)(H,47,51)/b11-8-/t23-,25-,29+,30+,42-/m1/s1. The molecule has 15 nitrogen and oxygen atoms in total. The molecule has 2 saturated carbocycles. The maximum atomic E-state index is 14.7. The van der Waals surface area contributed by atoms with Gasteiger partial charge in [-0.05, 0) is 89.6 Å². The highest BCUT2D eigenvalue weighted by Crippen LogP contribution is 2.47. The number of benzene rings is 2. The number of methoxy groups -OCH3 is 1. The lowest BCUT2D eigenvalue weighted by molar-refractivity contribution is -0.141. The minimum Gasteiger partial charge on any atom is -0.494 e. The molecule has 4 aliphatic rings. The Morgan fingerprint density at radius 1 is 1.05 bits per heavy atom. The Morgan fingerprint density at radius 2 is 1.85 bits per heavy atom. The third-order valence-electron chi connectivity index (χ3n) is 11.3. The number of furan rings is 1. The van der Waals surface area contributed by atoms with Crippen molar-refractivity contribution in [2.75, 3.05) is 13.7 Å². The minimum absolute atomic E-state index is 0.0172. The summed E-state index contributed by atoms with van der Waals surface area (Å²) in [6, 6.07) is 8.33. The number of pyridine rings is 1. The number of hydrogen-bond acceptors (Lipinski definition) is 11. The van der Waals surface area contributed by atoms with E-state index in [4.69, 9.17) is 35.2 Å². The van der Waals surface area contributed by atoms with Gasteiger partial charge in [0, 0.05) is 22.7 Å². The average Bonchev–Trinajstić information content (AvgIpc) is 4.08. The van der Waals surface area contributed by atoms with Gasteiger partial charge in [-0.3, -0.25) is 19.1 Å². The molecule has 0 spiro atoms. The number of nitrogens with zero attached hydrogens (tertiary/aromatic N) is 2. The van der Waals surface area contributed by atoms with Gasteiger partial charge in [-0.2, -0.15) is 0 Å². The molecule has 2 aliphatic heterocycles. The van der Waals surface area contributed by atoms with Crippen LogP contribution in [0.2, 0.25) is 5.02 Å². The average molecular weight is 850 g/mol. The zero-order chi connectivity index (χ0) is 41.9. The summed E-state index contributed by atoms with van der Waals surface area (Å²) in [6.07, 6.45) is 6.36. The summed E-state index contributed by atoms with van der Waals surface area (Å²) in [6.45, 7) is 5.09. The van der Waals surface area contributed by atoms with Gasteiger partial charge < -0.3 is 34.2 Å². The fourth-order valence-corrected chi connectivity index (χ4v) is 9.66. The fraction of sp³-hybridized carbons (Fsp3) is 0.500. The number of alkyl carbamates (subject to hydrolysis) is 1. The molecule has 59 heavy (non-hydrogen) atoms. The van der Waals surface area contributed by atoms with Crippen LogP contribution in [0.15, 0.2) is 53.0 Å². The van der Waals surface area contributed by atoms with Crippen LogP contribution in [0.3, 0.4) is 0 Å². The van der Waals surface area contributed by atoms with E-state index in [2.05, 4.69) is 15.4 Å². The third kappa shape index (κ3) is 8.25. The number of amides is 4. The van der Waals surface area contributed by atoms with Crippen molar-refractivity contribution < 1.29 is 46.2 Å². The van der Waals surface area contributed by atoms with Crippen molar-refractivity contribution in [2.24, 2.45) is 5.92 Å². The van der Waals surface area contributed by atoms with Crippen LogP contribution in [-0.4, -0.2) is 90.3 Å². The number of para-hydroxylation sites is 1. The number of ether oxygens (including phenoxy) is 3. The lowest BCUT2D eigenvalue weighted by atomic mass is 10.0. The van der Waals surface area contributed by atoms with E-state index in [0.717, 1.165) is 12.8 Å². The summed E-state index contributed by atoms with van der Waals surface area (Å²) >= 11 is 6.40. The molecule has 8 rings (SSSR count). The van der Waals surface area contributed by atoms with Crippen LogP contribution in [0, 0.1) is 5.92 Å². The number of carbonyl (C=O) groups is 4. The molecule has 3 fully saturated rings. The van der Waals surface area contributed by atoms with E-state index < -0.39 is 74.3 Å². The topological polar surface area (TPSA) is 195 Å². The smallest absolute Gasteiger partial charge is 0.408 e. The zero-order valence-corrected chi connectivity index (χ0v) is 34.9. The summed E-state index contributed by atoms with van der Waals surface area (Å²) in [7, 11) is -2.39. The van der Waals surface area contributed by atoms with Gasteiger partial charge in [-0.1, -0.05) is 42.7 Å². The van der Waals surface area contributed by atoms with Gasteiger partial charge in [0.25, 0.3) is 5.91 Å². The van der Waals surface area contributed by atoms with E-state index in [-0.39, 0.29) is 25.8 Å². The molecule has 314 valence electrons. The van der Waals surface area contributed by atoms with Crippen molar-refractivity contribution in [3.63, 3.8) is 0 Å². The van der Waals surface area contributed by atoms with Crippen molar-refractivity contribution in [1.82, 2.24) is 25.2 Å². The molecule has 0 radical (unpaired) electrons. The first kappa shape index (κ1) is 40.7. The lowest BCUT2D eigenvalue weighted by Gasteiger charge is -2.30. The normalized spacial score (nSPS) is 25.9. The summed E-state index contributed by atoms with van der Waals surface area (Å²) < 4.78 is 52.5. The highest BCUT2D eigenvalue weighted by atomic mass is 35.5. The number of halogens is 1. The van der Waals surface area contributed by atoms with Crippen molar-refractivity contribution in [1.29, 1.82) is 0 Å². The number of sulfonamides is 1. The molecule has 4 aromatic rings. The van der Waals surface area contributed by atoms with E-state index in [0.29, 0.717) is 75.2 Å². The number of rotatable bonds is 7. The van der Waals surface area contributed by atoms with Gasteiger partial charge in [0.1, 0.15) is 51.7 Å². The number of fused-ring (bicyclic) bond motifs is 6. The van der Waals surface area contributed by atoms with Crippen LogP contribution in [-0.2, 0) is 29.1 Å². The predicted octanol–water partition coefficient (Wildman–Crippen LogP) is 6.04. The summed E-state index contributed by atoms with van der Waals surface area (Å²) in [5, 5.41) is 6.69. The van der Waals surface area contributed by atoms with E-state index >= 15 is 0 Å². The Hall–Kier alpha value is -5.09. The molecule has 2 aromatic heterocycles. The number of aromatic nitrogens is 1. The second kappa shape index (κ2) is 15.5. The van der Waals surface area contributed by atoms with Crippen LogP contribution in [0.4, 0.5) is 4.79 Å². The molecule has 17 heteroatoms. The summed E-state index contributed by atoms with van der Waals surface area (Å²) in [5.74, 6) is -1.66. The Bertz CT molecular complexity index is 2500. The Balaban J connectivity index is 1.17. The highest BCUT2D eigenvalue weighted by molar-refractivity contribution is 7.91. The predicted molar refractivity (Wildman–Crippen MR) is 220 cm³/mol. The van der Waals surface area contributed by atoms with Crippen molar-refractivity contribution in [2.45, 2.75) is 113 Å². The molecule has 2 aromatic carbocycles. The number of carbonyl (C=O) groups excluding carboxylic acids is 4. The van der Waals surface area contributed by atoms with E-state index in [1.54, 1.807) is 51.1 Å². The fourth-order valence-electron chi connectivity index (χ4n) is 8.12. The quantitative estimate of drug-likeness (QED) is 0.184. The van der Waals surface area contributed by atoms with Crippen molar-refractivity contribution >= 4 is 78.4 Å². The second-order valence-electron chi connectivity index (χ2n) is 16.9. The molecular weight excluding hydrogens is 802 g/mol. The van der Waals surface area contributed by atoms with Gasteiger partial charge >= 0.3 is 6.09 Å². The zero-order valence-electron chi connectivity index (χ0n) is 33.3. The molecule has 4 amide bonds. The maximum absolute atomic E-state index is 14.7. The molecule has 1 saturated heterocycles. The number of hydrogen-bond donors (Lipinski definition) is 3. The van der Waals surface area contributed by atoms with Gasteiger partial charge in [-0.25, -0.2) is 18.2 Å². The molecule has 5 atom stereocenters. The van der Waals surface area contributed by atoms with Gasteiger partial charge in [0.15, 0.2) is 11.3 Å². The molecule has 2 aliphatic carbocycles. The van der Waals surface area contributed by atoms with Gasteiger partial charge in [0.2, 0.25) is 21.8 Å². The van der Waals surface area contributed by atoms with E-state index in [1.165, 1.54) is 12.0 Å². The van der Waals surface area contributed by atoms with E-state index in [9.17, 15) is 27.6 Å². The SMILES string of the molecule is COc1cccc2c(O[C@@H]3C[C@H]4C(=O)N[C@]5(C(=O)NS(=O)(=O)C6CC6)C[C@H]5/C=C\CCCCC[C@H](NC(=O)OC(C)(C)C)C(=O)N4C3)c3oc4ccc(Cl)cc4c3nc12. The van der Waals surface area contributed by atoms with E-state index in [1.807, 2.05) is 18.2 Å². The van der Waals surface area contributed by atoms with Crippen LogP contribution >= 0.6 is 11.6 Å². The van der Waals surface area contributed by atoms with Crippen molar-refractivity contribution in [3.05, 3.63) is 53.6 Å². The number of nitrogens with one attached hydrogen (secondary N) is 3. The Labute approximate surface area is 346 Å². The molecule has 4 heterocycles. The summed E-state index contributed by atoms with van der Waals surface area (Å²) in [5.41, 5.74) is -0.573. The Kier molecular flexibility index (Phi) is 10.7. The number of allylic oxidation sites excluding steroid dienone is 1. The lowest BCUT2D eigenvalue weighted by Crippen LogP contribution is -2.58. The molecule has 0 bridgehead atoms. The second-order valence-corrected chi connectivity index (χ2v) is 19.3. The first-order chi connectivity index (χ1) is 28.1. The van der Waals surface area contributed by atoms with Crippen LogP contribution in [0.25, 0.3) is 33.0 Å². The molecule has 3 N–H and O–H groups in total. The first-order valence-electron chi connectivity index (χ1n) is 20.1. The Morgan fingerprint density at radius 3 is 2.59 bits per heavy atom. The monoisotopic (exact) mass is 849 g/mol. The minimum atomic E-state index is -3.93. The van der Waals surface area contributed by atoms with Gasteiger partial charge in [-0.15, -0.1) is 0 Å². The highest BCUT2D eigenvalue weighted by Gasteiger charge is 2.62.